The minimum absolute atomic E-state index is 0.0974. The molecule has 1 heterocycles. The molecule has 1 saturated carbocycles. The van der Waals surface area contributed by atoms with Gasteiger partial charge in [-0.05, 0) is 49.9 Å². The van der Waals surface area contributed by atoms with E-state index in [1.165, 1.54) is 6.07 Å². The molecule has 1 saturated heterocycles. The van der Waals surface area contributed by atoms with Crippen LogP contribution in [-0.2, 0) is 11.3 Å². The molecular weight excluding hydrogens is 267 g/mol. The molecule has 0 aromatic heterocycles. The van der Waals surface area contributed by atoms with E-state index in [0.717, 1.165) is 44.2 Å². The summed E-state index contributed by atoms with van der Waals surface area (Å²) in [6.07, 6.45) is 4.93. The van der Waals surface area contributed by atoms with Gasteiger partial charge in [-0.25, -0.2) is 4.39 Å². The molecule has 3 nitrogen and oxygen atoms in total. The van der Waals surface area contributed by atoms with Crippen molar-refractivity contribution < 1.29 is 9.18 Å². The molecule has 4 heteroatoms. The maximum absolute atomic E-state index is 13.4. The summed E-state index contributed by atoms with van der Waals surface area (Å²) in [6.45, 7) is 1.68. The third-order valence-corrected chi connectivity index (χ3v) is 4.77. The van der Waals surface area contributed by atoms with Crippen molar-refractivity contribution in [2.24, 2.45) is 5.92 Å². The van der Waals surface area contributed by atoms with Crippen molar-refractivity contribution >= 4 is 5.78 Å². The van der Waals surface area contributed by atoms with Gasteiger partial charge in [0.15, 0.2) is 0 Å². The highest BCUT2D eigenvalue weighted by Gasteiger charge is 2.37. The van der Waals surface area contributed by atoms with Crippen LogP contribution in [0.1, 0.15) is 43.2 Å². The van der Waals surface area contributed by atoms with Gasteiger partial charge < -0.3 is 0 Å². The second-order valence-electron chi connectivity index (χ2n) is 6.07. The van der Waals surface area contributed by atoms with Crippen LogP contribution in [0.4, 0.5) is 4.39 Å². The van der Waals surface area contributed by atoms with E-state index in [0.29, 0.717) is 18.4 Å². The first-order chi connectivity index (χ1) is 10.2. The molecule has 1 aliphatic heterocycles. The molecule has 0 spiro atoms. The Bertz CT molecular complexity index is 593. The SMILES string of the molecule is N#Cc1cc(CN2CCCC2C2CCCC2=O)ccc1F. The van der Waals surface area contributed by atoms with Crippen molar-refractivity contribution in [3.05, 3.63) is 35.1 Å². The molecule has 0 bridgehead atoms. The highest BCUT2D eigenvalue weighted by atomic mass is 19.1. The van der Waals surface area contributed by atoms with Gasteiger partial charge in [-0.3, -0.25) is 9.69 Å². The predicted molar refractivity (Wildman–Crippen MR) is 76.9 cm³/mol. The first kappa shape index (κ1) is 14.2. The van der Waals surface area contributed by atoms with Crippen molar-refractivity contribution in [2.75, 3.05) is 6.54 Å². The number of Topliss-reactive ketones (excluding diaryl/α,β-unsaturated/α-hetero) is 1. The van der Waals surface area contributed by atoms with Crippen LogP contribution in [0.15, 0.2) is 18.2 Å². The third-order valence-electron chi connectivity index (χ3n) is 4.77. The number of benzene rings is 1. The number of hydrogen-bond acceptors (Lipinski definition) is 3. The predicted octanol–water partition coefficient (Wildman–Crippen LogP) is 3.03. The van der Waals surface area contributed by atoms with Crippen LogP contribution in [0.25, 0.3) is 0 Å². The zero-order chi connectivity index (χ0) is 14.8. The number of ketones is 1. The Hall–Kier alpha value is -1.73. The normalized spacial score (nSPS) is 26.2. The van der Waals surface area contributed by atoms with Crippen LogP contribution >= 0.6 is 0 Å². The minimum Gasteiger partial charge on any atom is -0.299 e. The molecule has 2 unspecified atom stereocenters. The van der Waals surface area contributed by atoms with Crippen LogP contribution in [0, 0.1) is 23.1 Å². The van der Waals surface area contributed by atoms with E-state index in [-0.39, 0.29) is 11.5 Å². The maximum atomic E-state index is 13.4. The summed E-state index contributed by atoms with van der Waals surface area (Å²) in [6, 6.07) is 6.94. The van der Waals surface area contributed by atoms with Crippen LogP contribution in [0.2, 0.25) is 0 Å². The summed E-state index contributed by atoms with van der Waals surface area (Å²) >= 11 is 0. The Labute approximate surface area is 124 Å². The number of nitrogens with zero attached hydrogens (tertiary/aromatic N) is 2. The van der Waals surface area contributed by atoms with Gasteiger partial charge in [-0.2, -0.15) is 5.26 Å². The molecule has 21 heavy (non-hydrogen) atoms. The molecule has 0 amide bonds. The summed E-state index contributed by atoms with van der Waals surface area (Å²) in [5.74, 6) is 0.122. The fourth-order valence-electron chi connectivity index (χ4n) is 3.74. The largest absolute Gasteiger partial charge is 0.299 e. The molecule has 1 aromatic rings. The van der Waals surface area contributed by atoms with Gasteiger partial charge in [-0.15, -0.1) is 0 Å². The summed E-state index contributed by atoms with van der Waals surface area (Å²) in [7, 11) is 0. The van der Waals surface area contributed by atoms with Crippen molar-refractivity contribution in [3.63, 3.8) is 0 Å². The lowest BCUT2D eigenvalue weighted by molar-refractivity contribution is -0.122. The quantitative estimate of drug-likeness (QED) is 0.858. The number of carbonyl (C=O) groups is 1. The number of halogens is 1. The molecule has 2 fully saturated rings. The maximum Gasteiger partial charge on any atom is 0.140 e. The Morgan fingerprint density at radius 1 is 1.33 bits per heavy atom. The first-order valence-electron chi connectivity index (χ1n) is 7.64. The van der Waals surface area contributed by atoms with Crippen LogP contribution in [0.3, 0.4) is 0 Å². The molecule has 2 atom stereocenters. The molecule has 3 rings (SSSR count). The van der Waals surface area contributed by atoms with Gasteiger partial charge in [0.1, 0.15) is 17.7 Å². The number of rotatable bonds is 3. The van der Waals surface area contributed by atoms with Crippen LogP contribution < -0.4 is 0 Å². The number of nitriles is 1. The molecular formula is C17H19FN2O. The van der Waals surface area contributed by atoms with E-state index in [1.54, 1.807) is 12.1 Å². The summed E-state index contributed by atoms with van der Waals surface area (Å²) in [4.78, 5) is 14.3. The van der Waals surface area contributed by atoms with Gasteiger partial charge in [-0.1, -0.05) is 6.07 Å². The van der Waals surface area contributed by atoms with Gasteiger partial charge in [0.2, 0.25) is 0 Å². The second kappa shape index (κ2) is 5.95. The van der Waals surface area contributed by atoms with Crippen molar-refractivity contribution in [3.8, 4) is 6.07 Å². The fourth-order valence-corrected chi connectivity index (χ4v) is 3.74. The first-order valence-corrected chi connectivity index (χ1v) is 7.64. The number of carbonyl (C=O) groups excluding carboxylic acids is 1. The fraction of sp³-hybridized carbons (Fsp3) is 0.529. The van der Waals surface area contributed by atoms with Crippen LogP contribution in [-0.4, -0.2) is 23.3 Å². The Kier molecular flexibility index (Phi) is 4.03. The minimum atomic E-state index is -0.467. The number of likely N-dealkylation sites (tertiary alicyclic amines) is 1. The van der Waals surface area contributed by atoms with E-state index in [4.69, 9.17) is 5.26 Å². The van der Waals surface area contributed by atoms with E-state index in [9.17, 15) is 9.18 Å². The van der Waals surface area contributed by atoms with Crippen molar-refractivity contribution in [2.45, 2.75) is 44.7 Å². The van der Waals surface area contributed by atoms with E-state index < -0.39 is 5.82 Å². The summed E-state index contributed by atoms with van der Waals surface area (Å²) in [5, 5.41) is 8.91. The highest BCUT2D eigenvalue weighted by molar-refractivity contribution is 5.83. The second-order valence-corrected chi connectivity index (χ2v) is 6.07. The third kappa shape index (κ3) is 2.84. The van der Waals surface area contributed by atoms with Crippen molar-refractivity contribution in [1.82, 2.24) is 4.90 Å². The standard InChI is InChI=1S/C17H19FN2O/c18-15-7-6-12(9-13(15)10-19)11-20-8-2-4-16(20)14-3-1-5-17(14)21/h6-7,9,14,16H,1-5,8,11H2. The Morgan fingerprint density at radius 2 is 2.19 bits per heavy atom. The van der Waals surface area contributed by atoms with E-state index in [2.05, 4.69) is 4.90 Å². The van der Waals surface area contributed by atoms with Gasteiger partial charge >= 0.3 is 0 Å². The summed E-state index contributed by atoms with van der Waals surface area (Å²) < 4.78 is 13.4. The molecule has 1 aromatic carbocycles. The number of hydrogen-bond donors (Lipinski definition) is 0. The molecule has 2 aliphatic rings. The van der Waals surface area contributed by atoms with Gasteiger partial charge in [0, 0.05) is 24.9 Å². The lowest BCUT2D eigenvalue weighted by Crippen LogP contribution is -2.37. The lowest BCUT2D eigenvalue weighted by Gasteiger charge is -2.28. The topological polar surface area (TPSA) is 44.1 Å². The summed E-state index contributed by atoms with van der Waals surface area (Å²) in [5.41, 5.74) is 1.05. The Morgan fingerprint density at radius 3 is 2.90 bits per heavy atom. The zero-order valence-corrected chi connectivity index (χ0v) is 12.0. The lowest BCUT2D eigenvalue weighted by atomic mass is 9.95. The molecule has 110 valence electrons. The monoisotopic (exact) mass is 286 g/mol. The van der Waals surface area contributed by atoms with Crippen LogP contribution in [0.5, 0.6) is 0 Å². The van der Waals surface area contributed by atoms with E-state index >= 15 is 0 Å². The van der Waals surface area contributed by atoms with Gasteiger partial charge in [0.25, 0.3) is 0 Å². The molecule has 0 N–H and O–H groups in total. The molecule has 0 radical (unpaired) electrons. The van der Waals surface area contributed by atoms with Gasteiger partial charge in [0.05, 0.1) is 5.56 Å². The Balaban J connectivity index is 1.74. The highest BCUT2D eigenvalue weighted by Crippen LogP contribution is 2.34. The smallest absolute Gasteiger partial charge is 0.140 e. The van der Waals surface area contributed by atoms with E-state index in [1.807, 2.05) is 6.07 Å². The van der Waals surface area contributed by atoms with Crippen molar-refractivity contribution in [1.29, 1.82) is 5.26 Å². The molecule has 1 aliphatic carbocycles. The average molecular weight is 286 g/mol. The zero-order valence-electron chi connectivity index (χ0n) is 12.0. The average Bonchev–Trinajstić information content (AvgIpc) is 3.09.